The zero-order valence-electron chi connectivity index (χ0n) is 15.8. The Labute approximate surface area is 169 Å². The van der Waals surface area contributed by atoms with Gasteiger partial charge in [0.2, 0.25) is 10.0 Å². The molecule has 0 spiro atoms. The van der Waals surface area contributed by atoms with Crippen LogP contribution in [0.1, 0.15) is 10.4 Å². The third-order valence-electron chi connectivity index (χ3n) is 4.37. The molecule has 0 bridgehead atoms. The number of rotatable bonds is 6. The number of amides is 2. The van der Waals surface area contributed by atoms with E-state index in [0.29, 0.717) is 11.4 Å². The highest BCUT2D eigenvalue weighted by molar-refractivity contribution is 7.89. The number of carbonyl (C=O) groups is 2. The standard InChI is InChI=1S/C20H21N3O5S/c1-3-11-22-29(26,27)15-8-6-7-14(12-15)20(25)23-13-18(19(24)21-2)28-17-10-5-4-9-16(17)23/h3-10,12,18,22H,1,11,13H2,2H3,(H,21,24)/t18-/m0/s1. The van der Waals surface area contributed by atoms with Crippen molar-refractivity contribution in [3.8, 4) is 5.75 Å². The van der Waals surface area contributed by atoms with Crippen molar-refractivity contribution in [2.75, 3.05) is 25.0 Å². The Morgan fingerprint density at radius 1 is 1.24 bits per heavy atom. The summed E-state index contributed by atoms with van der Waals surface area (Å²) in [5.41, 5.74) is 0.689. The summed E-state index contributed by atoms with van der Waals surface area (Å²) < 4.78 is 32.8. The van der Waals surface area contributed by atoms with Crippen LogP contribution in [0.3, 0.4) is 0 Å². The van der Waals surface area contributed by atoms with Crippen LogP contribution >= 0.6 is 0 Å². The molecule has 2 aromatic rings. The minimum Gasteiger partial charge on any atom is -0.477 e. The Hall–Kier alpha value is -3.17. The third-order valence-corrected chi connectivity index (χ3v) is 5.79. The summed E-state index contributed by atoms with van der Waals surface area (Å²) in [6, 6.07) is 12.6. The molecule has 2 N–H and O–H groups in total. The Kier molecular flexibility index (Phi) is 6.00. The Bertz CT molecular complexity index is 1050. The molecule has 152 valence electrons. The zero-order chi connectivity index (χ0) is 21.0. The fraction of sp³-hybridized carbons (Fsp3) is 0.200. The Morgan fingerprint density at radius 3 is 2.72 bits per heavy atom. The number of sulfonamides is 1. The number of carbonyl (C=O) groups excluding carboxylic acids is 2. The van der Waals surface area contributed by atoms with Gasteiger partial charge in [0.25, 0.3) is 11.8 Å². The topological polar surface area (TPSA) is 105 Å². The van der Waals surface area contributed by atoms with Gasteiger partial charge in [-0.25, -0.2) is 13.1 Å². The number of hydrogen-bond acceptors (Lipinski definition) is 5. The number of likely N-dealkylation sites (N-methyl/N-ethyl adjacent to an activating group) is 1. The quantitative estimate of drug-likeness (QED) is 0.692. The van der Waals surface area contributed by atoms with Crippen LogP contribution < -0.4 is 19.7 Å². The van der Waals surface area contributed by atoms with Gasteiger partial charge in [0.15, 0.2) is 6.10 Å². The molecule has 1 aliphatic heterocycles. The maximum absolute atomic E-state index is 13.2. The highest BCUT2D eigenvalue weighted by Crippen LogP contribution is 2.34. The summed E-state index contributed by atoms with van der Waals surface area (Å²) in [5.74, 6) is -0.394. The lowest BCUT2D eigenvalue weighted by molar-refractivity contribution is -0.127. The van der Waals surface area contributed by atoms with Crippen molar-refractivity contribution in [3.05, 3.63) is 66.7 Å². The van der Waals surface area contributed by atoms with E-state index in [4.69, 9.17) is 4.74 Å². The number of anilines is 1. The van der Waals surface area contributed by atoms with E-state index in [9.17, 15) is 18.0 Å². The SMILES string of the molecule is C=CCNS(=O)(=O)c1cccc(C(=O)N2C[C@@H](C(=O)NC)Oc3ccccc32)c1. The number of benzene rings is 2. The van der Waals surface area contributed by atoms with Gasteiger partial charge < -0.3 is 15.0 Å². The first kappa shape index (κ1) is 20.6. The number of nitrogens with one attached hydrogen (secondary N) is 2. The number of nitrogens with zero attached hydrogens (tertiary/aromatic N) is 1. The van der Waals surface area contributed by atoms with Crippen LogP contribution in [0.5, 0.6) is 5.75 Å². The minimum absolute atomic E-state index is 0.00120. The van der Waals surface area contributed by atoms with Crippen LogP contribution in [0.2, 0.25) is 0 Å². The molecule has 29 heavy (non-hydrogen) atoms. The van der Waals surface area contributed by atoms with Gasteiger partial charge in [0.1, 0.15) is 5.75 Å². The van der Waals surface area contributed by atoms with Gasteiger partial charge >= 0.3 is 0 Å². The van der Waals surface area contributed by atoms with Gasteiger partial charge in [-0.05, 0) is 30.3 Å². The van der Waals surface area contributed by atoms with Gasteiger partial charge in [0, 0.05) is 19.2 Å². The van der Waals surface area contributed by atoms with E-state index in [1.165, 1.54) is 42.3 Å². The van der Waals surface area contributed by atoms with Gasteiger partial charge in [-0.15, -0.1) is 6.58 Å². The molecule has 2 aromatic carbocycles. The number of ether oxygens (including phenoxy) is 1. The highest BCUT2D eigenvalue weighted by Gasteiger charge is 2.34. The van der Waals surface area contributed by atoms with Crippen LogP contribution in [0.4, 0.5) is 5.69 Å². The molecule has 0 aliphatic carbocycles. The molecule has 1 heterocycles. The summed E-state index contributed by atoms with van der Waals surface area (Å²) >= 11 is 0. The fourth-order valence-corrected chi connectivity index (χ4v) is 3.97. The van der Waals surface area contributed by atoms with Crippen molar-refractivity contribution in [3.63, 3.8) is 0 Å². The molecule has 0 radical (unpaired) electrons. The minimum atomic E-state index is -3.78. The normalized spacial score (nSPS) is 15.8. The van der Waals surface area contributed by atoms with Crippen LogP contribution in [0.25, 0.3) is 0 Å². The molecular formula is C20H21N3O5S. The smallest absolute Gasteiger partial charge is 0.262 e. The first-order valence-electron chi connectivity index (χ1n) is 8.87. The number of hydrogen-bond donors (Lipinski definition) is 2. The summed E-state index contributed by atoms with van der Waals surface area (Å²) in [5, 5.41) is 2.52. The molecule has 9 heteroatoms. The van der Waals surface area contributed by atoms with Crippen LogP contribution in [0.15, 0.2) is 66.1 Å². The average Bonchev–Trinajstić information content (AvgIpc) is 2.76. The molecule has 1 aliphatic rings. The molecule has 3 rings (SSSR count). The first-order valence-corrected chi connectivity index (χ1v) is 10.4. The first-order chi connectivity index (χ1) is 13.9. The van der Waals surface area contributed by atoms with Gasteiger partial charge in [-0.2, -0.15) is 0 Å². The molecule has 0 saturated heterocycles. The second kappa shape index (κ2) is 8.46. The van der Waals surface area contributed by atoms with Crippen LogP contribution in [-0.2, 0) is 14.8 Å². The largest absolute Gasteiger partial charge is 0.477 e. The van der Waals surface area contributed by atoms with Crippen LogP contribution in [-0.4, -0.2) is 46.5 Å². The zero-order valence-corrected chi connectivity index (χ0v) is 16.6. The molecular weight excluding hydrogens is 394 g/mol. The predicted octanol–water partition coefficient (Wildman–Crippen LogP) is 1.30. The second-order valence-corrected chi connectivity index (χ2v) is 8.04. The van der Waals surface area contributed by atoms with Gasteiger partial charge in [0.05, 0.1) is 17.1 Å². The van der Waals surface area contributed by atoms with E-state index in [1.54, 1.807) is 24.3 Å². The molecule has 0 unspecified atom stereocenters. The number of fused-ring (bicyclic) bond motifs is 1. The highest BCUT2D eigenvalue weighted by atomic mass is 32.2. The van der Waals surface area contributed by atoms with Crippen molar-refractivity contribution < 1.29 is 22.7 Å². The van der Waals surface area contributed by atoms with Crippen molar-refractivity contribution >= 4 is 27.5 Å². The molecule has 2 amide bonds. The predicted molar refractivity (Wildman–Crippen MR) is 108 cm³/mol. The lowest BCUT2D eigenvalue weighted by atomic mass is 10.1. The second-order valence-electron chi connectivity index (χ2n) is 6.27. The fourth-order valence-electron chi connectivity index (χ4n) is 2.93. The van der Waals surface area contributed by atoms with Crippen molar-refractivity contribution in [1.29, 1.82) is 0 Å². The lowest BCUT2D eigenvalue weighted by Crippen LogP contribution is -2.50. The summed E-state index contributed by atoms with van der Waals surface area (Å²) in [7, 11) is -2.29. The maximum atomic E-state index is 13.2. The van der Waals surface area contributed by atoms with Crippen LogP contribution in [0, 0.1) is 0 Å². The number of para-hydroxylation sites is 2. The van der Waals surface area contributed by atoms with Crippen molar-refractivity contribution in [1.82, 2.24) is 10.0 Å². The monoisotopic (exact) mass is 415 g/mol. The maximum Gasteiger partial charge on any atom is 0.262 e. The Balaban J connectivity index is 1.96. The van der Waals surface area contributed by atoms with E-state index in [1.807, 2.05) is 0 Å². The average molecular weight is 415 g/mol. The summed E-state index contributed by atoms with van der Waals surface area (Å²) in [6.07, 6.45) is 0.552. The Morgan fingerprint density at radius 2 is 2.00 bits per heavy atom. The molecule has 0 aromatic heterocycles. The van der Waals surface area contributed by atoms with E-state index in [-0.39, 0.29) is 29.5 Å². The van der Waals surface area contributed by atoms with E-state index < -0.39 is 22.0 Å². The molecule has 8 nitrogen and oxygen atoms in total. The molecule has 0 saturated carbocycles. The van der Waals surface area contributed by atoms with E-state index >= 15 is 0 Å². The molecule has 0 fully saturated rings. The third kappa shape index (κ3) is 4.30. The van der Waals surface area contributed by atoms with E-state index in [0.717, 1.165) is 0 Å². The van der Waals surface area contributed by atoms with Crippen molar-refractivity contribution in [2.45, 2.75) is 11.0 Å². The van der Waals surface area contributed by atoms with Gasteiger partial charge in [-0.3, -0.25) is 9.59 Å². The van der Waals surface area contributed by atoms with Crippen molar-refractivity contribution in [2.24, 2.45) is 0 Å². The van der Waals surface area contributed by atoms with E-state index in [2.05, 4.69) is 16.6 Å². The van der Waals surface area contributed by atoms with Gasteiger partial charge in [-0.1, -0.05) is 24.3 Å². The summed E-state index contributed by atoms with van der Waals surface area (Å²) in [4.78, 5) is 26.7. The molecule has 1 atom stereocenters. The lowest BCUT2D eigenvalue weighted by Gasteiger charge is -2.34. The summed E-state index contributed by atoms with van der Waals surface area (Å²) in [6.45, 7) is 3.56.